The molecule has 0 bridgehead atoms. The molecule has 0 heterocycles. The lowest BCUT2D eigenvalue weighted by atomic mass is 10.0. The van der Waals surface area contributed by atoms with Gasteiger partial charge in [-0.1, -0.05) is 0 Å². The lowest BCUT2D eigenvalue weighted by Crippen LogP contribution is -2.26. The molecule has 0 unspecified atom stereocenters. The van der Waals surface area contributed by atoms with Crippen LogP contribution in [0.4, 0.5) is 13.2 Å². The van der Waals surface area contributed by atoms with Crippen LogP contribution in [0.25, 0.3) is 0 Å². The summed E-state index contributed by atoms with van der Waals surface area (Å²) in [4.78, 5) is 22.0. The number of alkyl halides is 2. The highest BCUT2D eigenvalue weighted by atomic mass is 19.3. The van der Waals surface area contributed by atoms with Gasteiger partial charge in [0.2, 0.25) is 0 Å². The summed E-state index contributed by atoms with van der Waals surface area (Å²) in [6, 6.07) is 4.61. The van der Waals surface area contributed by atoms with Gasteiger partial charge in [0, 0.05) is 25.3 Å². The van der Waals surface area contributed by atoms with Crippen molar-refractivity contribution < 1.29 is 22.8 Å². The zero-order valence-corrected chi connectivity index (χ0v) is 9.17. The van der Waals surface area contributed by atoms with E-state index in [0.717, 1.165) is 19.1 Å². The molecular weight excluding hydrogens is 233 g/mol. The smallest absolute Gasteiger partial charge is 0.294 e. The molecule has 0 amide bonds. The summed E-state index contributed by atoms with van der Waals surface area (Å²) in [5.41, 5.74) is 0.158. The first-order valence-electron chi connectivity index (χ1n) is 5.00. The van der Waals surface area contributed by atoms with Crippen molar-refractivity contribution in [2.24, 2.45) is 0 Å². The third-order valence-electron chi connectivity index (χ3n) is 2.35. The van der Waals surface area contributed by atoms with Crippen molar-refractivity contribution in [3.8, 4) is 0 Å². The maximum absolute atomic E-state index is 12.9. The minimum Gasteiger partial charge on any atom is -0.294 e. The number of carbonyl (C=O) groups is 2. The van der Waals surface area contributed by atoms with Crippen LogP contribution in [0.5, 0.6) is 0 Å². The Labute approximate surface area is 96.4 Å². The predicted octanol–water partition coefficient (Wildman–Crippen LogP) is 3.01. The zero-order chi connectivity index (χ0) is 13.1. The van der Waals surface area contributed by atoms with E-state index in [1.807, 2.05) is 0 Å². The van der Waals surface area contributed by atoms with E-state index in [-0.39, 0.29) is 5.56 Å². The van der Waals surface area contributed by atoms with Crippen LogP contribution in [0.2, 0.25) is 0 Å². The van der Waals surface area contributed by atoms with Gasteiger partial charge in [-0.2, -0.15) is 8.78 Å². The largest absolute Gasteiger partial charge is 0.305 e. The summed E-state index contributed by atoms with van der Waals surface area (Å²) in [6.45, 7) is 0.780. The van der Waals surface area contributed by atoms with Crippen molar-refractivity contribution >= 4 is 11.6 Å². The minimum atomic E-state index is -3.48. The number of ketones is 2. The molecule has 0 radical (unpaired) electrons. The molecule has 2 nitrogen and oxygen atoms in total. The van der Waals surface area contributed by atoms with E-state index in [0.29, 0.717) is 0 Å². The SMILES string of the molecule is CC(=O)C(F)(F)CCC(=O)c1ccc(F)cc1. The summed E-state index contributed by atoms with van der Waals surface area (Å²) in [6.07, 6.45) is -1.27. The first kappa shape index (κ1) is 13.4. The molecule has 0 aliphatic carbocycles. The lowest BCUT2D eigenvalue weighted by Gasteiger charge is -2.11. The van der Waals surface area contributed by atoms with Gasteiger partial charge in [0.1, 0.15) is 5.82 Å². The predicted molar refractivity (Wildman–Crippen MR) is 55.6 cm³/mol. The highest BCUT2D eigenvalue weighted by molar-refractivity contribution is 5.96. The number of Topliss-reactive ketones (excluding diaryl/α,β-unsaturated/α-hetero) is 2. The van der Waals surface area contributed by atoms with E-state index in [9.17, 15) is 22.8 Å². The minimum absolute atomic E-state index is 0.158. The maximum Gasteiger partial charge on any atom is 0.305 e. The first-order valence-corrected chi connectivity index (χ1v) is 5.00. The number of benzene rings is 1. The van der Waals surface area contributed by atoms with Crippen LogP contribution >= 0.6 is 0 Å². The molecule has 0 saturated heterocycles. The highest BCUT2D eigenvalue weighted by Crippen LogP contribution is 2.22. The fourth-order valence-electron chi connectivity index (χ4n) is 1.23. The molecule has 0 atom stereocenters. The van der Waals surface area contributed by atoms with Crippen LogP contribution in [-0.4, -0.2) is 17.5 Å². The van der Waals surface area contributed by atoms with Crippen molar-refractivity contribution in [1.29, 1.82) is 0 Å². The Balaban J connectivity index is 2.62. The third kappa shape index (κ3) is 3.69. The van der Waals surface area contributed by atoms with Crippen molar-refractivity contribution in [2.45, 2.75) is 25.7 Å². The standard InChI is InChI=1S/C12H11F3O2/c1-8(16)12(14,15)7-6-11(17)9-2-4-10(13)5-3-9/h2-5H,6-7H2,1H3. The second kappa shape index (κ2) is 5.12. The molecule has 1 aromatic carbocycles. The molecule has 1 aromatic rings. The molecule has 0 aliphatic heterocycles. The summed E-state index contributed by atoms with van der Waals surface area (Å²) in [5, 5.41) is 0. The van der Waals surface area contributed by atoms with Crippen LogP contribution in [0.3, 0.4) is 0 Å². The molecule has 1 rings (SSSR count). The molecule has 0 aromatic heterocycles. The van der Waals surface area contributed by atoms with Gasteiger partial charge < -0.3 is 0 Å². The van der Waals surface area contributed by atoms with Gasteiger partial charge in [-0.15, -0.1) is 0 Å². The fraction of sp³-hybridized carbons (Fsp3) is 0.333. The Morgan fingerprint density at radius 3 is 2.18 bits per heavy atom. The average Bonchev–Trinajstić information content (AvgIpc) is 2.27. The van der Waals surface area contributed by atoms with Crippen LogP contribution < -0.4 is 0 Å². The Morgan fingerprint density at radius 1 is 1.18 bits per heavy atom. The van der Waals surface area contributed by atoms with Crippen molar-refractivity contribution in [2.75, 3.05) is 0 Å². The van der Waals surface area contributed by atoms with Gasteiger partial charge in [0.05, 0.1) is 0 Å². The Morgan fingerprint density at radius 2 is 1.71 bits per heavy atom. The normalized spacial score (nSPS) is 11.3. The van der Waals surface area contributed by atoms with E-state index in [2.05, 4.69) is 0 Å². The third-order valence-corrected chi connectivity index (χ3v) is 2.35. The number of halogens is 3. The summed E-state index contributed by atoms with van der Waals surface area (Å²) in [7, 11) is 0. The maximum atomic E-state index is 12.9. The molecule has 0 aliphatic rings. The quantitative estimate of drug-likeness (QED) is 0.746. The van der Waals surface area contributed by atoms with Gasteiger partial charge in [-0.25, -0.2) is 4.39 Å². The molecule has 0 N–H and O–H groups in total. The zero-order valence-electron chi connectivity index (χ0n) is 9.17. The monoisotopic (exact) mass is 244 g/mol. The molecule has 5 heteroatoms. The van der Waals surface area contributed by atoms with Gasteiger partial charge in [-0.3, -0.25) is 9.59 Å². The van der Waals surface area contributed by atoms with Crippen LogP contribution in [0, 0.1) is 5.82 Å². The van der Waals surface area contributed by atoms with Crippen LogP contribution in [0.1, 0.15) is 30.1 Å². The topological polar surface area (TPSA) is 34.1 Å². The Kier molecular flexibility index (Phi) is 4.04. The molecular formula is C12H11F3O2. The summed E-state index contributed by atoms with van der Waals surface area (Å²) < 4.78 is 38.4. The van der Waals surface area contributed by atoms with E-state index >= 15 is 0 Å². The number of rotatable bonds is 5. The molecule has 0 spiro atoms. The van der Waals surface area contributed by atoms with Crippen LogP contribution in [-0.2, 0) is 4.79 Å². The molecule has 0 saturated carbocycles. The second-order valence-corrected chi connectivity index (χ2v) is 3.69. The molecule has 17 heavy (non-hydrogen) atoms. The Bertz CT molecular complexity index is 424. The van der Waals surface area contributed by atoms with Gasteiger partial charge in [0.15, 0.2) is 11.6 Å². The van der Waals surface area contributed by atoms with Gasteiger partial charge in [0.25, 0.3) is 0 Å². The highest BCUT2D eigenvalue weighted by Gasteiger charge is 2.35. The van der Waals surface area contributed by atoms with E-state index < -0.39 is 36.1 Å². The molecule has 0 fully saturated rings. The second-order valence-electron chi connectivity index (χ2n) is 3.69. The number of hydrogen-bond acceptors (Lipinski definition) is 2. The Hall–Kier alpha value is -1.65. The van der Waals surface area contributed by atoms with Crippen molar-refractivity contribution in [1.82, 2.24) is 0 Å². The first-order chi connectivity index (χ1) is 7.83. The van der Waals surface area contributed by atoms with Gasteiger partial charge >= 0.3 is 5.92 Å². The van der Waals surface area contributed by atoms with Crippen molar-refractivity contribution in [3.63, 3.8) is 0 Å². The fourth-order valence-corrected chi connectivity index (χ4v) is 1.23. The van der Waals surface area contributed by atoms with E-state index in [1.165, 1.54) is 12.1 Å². The van der Waals surface area contributed by atoms with E-state index in [4.69, 9.17) is 0 Å². The number of hydrogen-bond donors (Lipinski definition) is 0. The molecule has 92 valence electrons. The van der Waals surface area contributed by atoms with Crippen LogP contribution in [0.15, 0.2) is 24.3 Å². The average molecular weight is 244 g/mol. The van der Waals surface area contributed by atoms with E-state index in [1.54, 1.807) is 0 Å². The summed E-state index contributed by atoms with van der Waals surface area (Å²) >= 11 is 0. The van der Waals surface area contributed by atoms with Crippen molar-refractivity contribution in [3.05, 3.63) is 35.6 Å². The summed E-state index contributed by atoms with van der Waals surface area (Å²) in [5.74, 6) is -5.78. The van der Waals surface area contributed by atoms with Gasteiger partial charge in [-0.05, 0) is 24.3 Å². The lowest BCUT2D eigenvalue weighted by molar-refractivity contribution is -0.141. The number of carbonyl (C=O) groups excluding carboxylic acids is 2.